The Bertz CT molecular complexity index is 519. The third-order valence-electron chi connectivity index (χ3n) is 3.48. The molecule has 0 unspecified atom stereocenters. The summed E-state index contributed by atoms with van der Waals surface area (Å²) in [6, 6.07) is 3.23. The van der Waals surface area contributed by atoms with Crippen LogP contribution in [-0.2, 0) is 9.53 Å². The second kappa shape index (κ2) is 8.22. The van der Waals surface area contributed by atoms with Crippen molar-refractivity contribution in [1.29, 1.82) is 0 Å². The van der Waals surface area contributed by atoms with Gasteiger partial charge in [0.05, 0.1) is 31.0 Å². The number of nitrogens with one attached hydrogen (secondary N) is 2. The predicted molar refractivity (Wildman–Crippen MR) is 85.0 cm³/mol. The van der Waals surface area contributed by atoms with Crippen molar-refractivity contribution in [3.8, 4) is 11.5 Å². The highest BCUT2D eigenvalue weighted by molar-refractivity contribution is 6.32. The number of carbonyl (C=O) groups is 1. The van der Waals surface area contributed by atoms with Crippen molar-refractivity contribution in [3.63, 3.8) is 0 Å². The van der Waals surface area contributed by atoms with Gasteiger partial charge in [-0.15, -0.1) is 0 Å². The predicted octanol–water partition coefficient (Wildman–Crippen LogP) is 2.06. The SMILES string of the molecule is COc1cc(NC(=O)COC2CCNCC2)c(OC)cc1Cl. The lowest BCUT2D eigenvalue weighted by atomic mass is 10.1. The lowest BCUT2D eigenvalue weighted by Crippen LogP contribution is -2.34. The highest BCUT2D eigenvalue weighted by Gasteiger charge is 2.16. The molecule has 0 aromatic heterocycles. The molecule has 6 nitrogen and oxygen atoms in total. The van der Waals surface area contributed by atoms with Crippen LogP contribution in [0.15, 0.2) is 12.1 Å². The maximum atomic E-state index is 12.0. The van der Waals surface area contributed by atoms with Gasteiger partial charge in [-0.3, -0.25) is 4.79 Å². The number of rotatable bonds is 6. The number of hydrogen-bond acceptors (Lipinski definition) is 5. The Morgan fingerprint density at radius 3 is 2.59 bits per heavy atom. The Hall–Kier alpha value is -1.50. The van der Waals surface area contributed by atoms with Crippen molar-refractivity contribution < 1.29 is 19.0 Å². The van der Waals surface area contributed by atoms with Crippen molar-refractivity contribution in [2.75, 3.05) is 39.2 Å². The van der Waals surface area contributed by atoms with E-state index in [9.17, 15) is 4.79 Å². The summed E-state index contributed by atoms with van der Waals surface area (Å²) < 4.78 is 16.0. The Morgan fingerprint density at radius 2 is 1.95 bits per heavy atom. The molecule has 7 heteroatoms. The van der Waals surface area contributed by atoms with Gasteiger partial charge in [0.1, 0.15) is 18.1 Å². The molecule has 2 rings (SSSR count). The van der Waals surface area contributed by atoms with Crippen LogP contribution in [-0.4, -0.2) is 45.9 Å². The number of carbonyl (C=O) groups excluding carboxylic acids is 1. The molecule has 1 aliphatic rings. The molecule has 1 heterocycles. The topological polar surface area (TPSA) is 68.8 Å². The van der Waals surface area contributed by atoms with Gasteiger partial charge in [-0.1, -0.05) is 11.6 Å². The van der Waals surface area contributed by atoms with Gasteiger partial charge in [0.2, 0.25) is 5.91 Å². The molecule has 1 aromatic rings. The fourth-order valence-corrected chi connectivity index (χ4v) is 2.53. The van der Waals surface area contributed by atoms with E-state index in [0.29, 0.717) is 22.2 Å². The summed E-state index contributed by atoms with van der Waals surface area (Å²) >= 11 is 6.03. The maximum Gasteiger partial charge on any atom is 0.250 e. The smallest absolute Gasteiger partial charge is 0.250 e. The first-order chi connectivity index (χ1) is 10.6. The van der Waals surface area contributed by atoms with Gasteiger partial charge in [-0.2, -0.15) is 0 Å². The fourth-order valence-electron chi connectivity index (χ4n) is 2.30. The molecule has 1 aliphatic heterocycles. The van der Waals surface area contributed by atoms with Crippen molar-refractivity contribution in [2.24, 2.45) is 0 Å². The molecule has 1 saturated heterocycles. The summed E-state index contributed by atoms with van der Waals surface area (Å²) in [5, 5.41) is 6.43. The molecule has 0 spiro atoms. The molecule has 22 heavy (non-hydrogen) atoms. The van der Waals surface area contributed by atoms with E-state index in [1.165, 1.54) is 14.2 Å². The Balaban J connectivity index is 1.95. The van der Waals surface area contributed by atoms with E-state index < -0.39 is 0 Å². The third kappa shape index (κ3) is 4.50. The Labute approximate surface area is 135 Å². The molecule has 0 bridgehead atoms. The second-order valence-corrected chi connectivity index (χ2v) is 5.40. The van der Waals surface area contributed by atoms with E-state index in [1.807, 2.05) is 0 Å². The summed E-state index contributed by atoms with van der Waals surface area (Å²) in [7, 11) is 3.03. The summed E-state index contributed by atoms with van der Waals surface area (Å²) in [5.74, 6) is 0.708. The van der Waals surface area contributed by atoms with Gasteiger partial charge in [0.15, 0.2) is 0 Å². The number of ether oxygens (including phenoxy) is 3. The number of methoxy groups -OCH3 is 2. The van der Waals surface area contributed by atoms with Crippen LogP contribution in [0.1, 0.15) is 12.8 Å². The van der Waals surface area contributed by atoms with E-state index in [4.69, 9.17) is 25.8 Å². The second-order valence-electron chi connectivity index (χ2n) is 5.00. The monoisotopic (exact) mass is 328 g/mol. The molecule has 0 radical (unpaired) electrons. The van der Waals surface area contributed by atoms with Crippen LogP contribution in [0.2, 0.25) is 5.02 Å². The van der Waals surface area contributed by atoms with E-state index in [0.717, 1.165) is 25.9 Å². The highest BCUT2D eigenvalue weighted by Crippen LogP contribution is 2.35. The van der Waals surface area contributed by atoms with E-state index in [-0.39, 0.29) is 18.6 Å². The zero-order chi connectivity index (χ0) is 15.9. The van der Waals surface area contributed by atoms with E-state index >= 15 is 0 Å². The standard InChI is InChI=1S/C15H21ClN2O4/c1-20-13-8-12(14(21-2)7-11(13)16)18-15(19)9-22-10-3-5-17-6-4-10/h7-8,10,17H,3-6,9H2,1-2H3,(H,18,19). The third-order valence-corrected chi connectivity index (χ3v) is 3.78. The van der Waals surface area contributed by atoms with Crippen LogP contribution >= 0.6 is 11.6 Å². The van der Waals surface area contributed by atoms with E-state index in [2.05, 4.69) is 10.6 Å². The number of anilines is 1. The lowest BCUT2D eigenvalue weighted by Gasteiger charge is -2.22. The molecule has 0 atom stereocenters. The van der Waals surface area contributed by atoms with Crippen LogP contribution < -0.4 is 20.1 Å². The van der Waals surface area contributed by atoms with Crippen molar-refractivity contribution in [3.05, 3.63) is 17.2 Å². The Morgan fingerprint density at radius 1 is 1.27 bits per heavy atom. The molecule has 122 valence electrons. The van der Waals surface area contributed by atoms with Gasteiger partial charge >= 0.3 is 0 Å². The lowest BCUT2D eigenvalue weighted by molar-refractivity contribution is -0.123. The van der Waals surface area contributed by atoms with Crippen LogP contribution in [0.5, 0.6) is 11.5 Å². The quantitative estimate of drug-likeness (QED) is 0.836. The highest BCUT2D eigenvalue weighted by atomic mass is 35.5. The van der Waals surface area contributed by atoms with Crippen molar-refractivity contribution in [1.82, 2.24) is 5.32 Å². The zero-order valence-electron chi connectivity index (χ0n) is 12.8. The minimum atomic E-state index is -0.235. The number of amides is 1. The fraction of sp³-hybridized carbons (Fsp3) is 0.533. The summed E-state index contributed by atoms with van der Waals surface area (Å²) in [5.41, 5.74) is 0.502. The molecule has 0 saturated carbocycles. The minimum Gasteiger partial charge on any atom is -0.495 e. The maximum absolute atomic E-state index is 12.0. The first kappa shape index (κ1) is 16.9. The van der Waals surface area contributed by atoms with E-state index in [1.54, 1.807) is 12.1 Å². The molecular formula is C15H21ClN2O4. The van der Waals surface area contributed by atoms with Crippen LogP contribution in [0.25, 0.3) is 0 Å². The minimum absolute atomic E-state index is 0.0127. The molecule has 1 amide bonds. The molecule has 1 fully saturated rings. The van der Waals surface area contributed by atoms with Gasteiger partial charge in [-0.05, 0) is 25.9 Å². The number of halogens is 1. The largest absolute Gasteiger partial charge is 0.495 e. The zero-order valence-corrected chi connectivity index (χ0v) is 13.5. The summed E-state index contributed by atoms with van der Waals surface area (Å²) in [6.07, 6.45) is 1.98. The molecular weight excluding hydrogens is 308 g/mol. The molecule has 1 aromatic carbocycles. The first-order valence-electron chi connectivity index (χ1n) is 7.17. The average molecular weight is 329 g/mol. The number of benzene rings is 1. The summed E-state index contributed by atoms with van der Waals surface area (Å²) in [6.45, 7) is 1.86. The number of piperidine rings is 1. The summed E-state index contributed by atoms with van der Waals surface area (Å²) in [4.78, 5) is 12.0. The van der Waals surface area contributed by atoms with Crippen molar-refractivity contribution in [2.45, 2.75) is 18.9 Å². The van der Waals surface area contributed by atoms with Crippen LogP contribution in [0.4, 0.5) is 5.69 Å². The van der Waals surface area contributed by atoms with Crippen LogP contribution in [0, 0.1) is 0 Å². The molecule has 0 aliphatic carbocycles. The van der Waals surface area contributed by atoms with Gasteiger partial charge < -0.3 is 24.8 Å². The van der Waals surface area contributed by atoms with Gasteiger partial charge in [0, 0.05) is 12.1 Å². The average Bonchev–Trinajstić information content (AvgIpc) is 2.55. The molecule has 2 N–H and O–H groups in total. The Kier molecular flexibility index (Phi) is 6.30. The normalized spacial score (nSPS) is 15.4. The number of hydrogen-bond donors (Lipinski definition) is 2. The van der Waals surface area contributed by atoms with Gasteiger partial charge in [0.25, 0.3) is 0 Å². The van der Waals surface area contributed by atoms with Crippen LogP contribution in [0.3, 0.4) is 0 Å². The van der Waals surface area contributed by atoms with Gasteiger partial charge in [-0.25, -0.2) is 0 Å². The first-order valence-corrected chi connectivity index (χ1v) is 7.55. The van der Waals surface area contributed by atoms with Crippen molar-refractivity contribution >= 4 is 23.2 Å².